The van der Waals surface area contributed by atoms with E-state index in [1.807, 2.05) is 67.6 Å². The first-order valence-electron chi connectivity index (χ1n) is 13.4. The molecule has 1 unspecified atom stereocenters. The number of esters is 1. The third-order valence-corrected chi connectivity index (χ3v) is 9.43. The maximum Gasteiger partial charge on any atom is 0.338 e. The van der Waals surface area contributed by atoms with E-state index in [4.69, 9.17) is 14.2 Å². The van der Waals surface area contributed by atoms with Gasteiger partial charge in [0.15, 0.2) is 0 Å². The first-order valence-corrected chi connectivity index (χ1v) is 14.8. The number of rotatable bonds is 8. The van der Waals surface area contributed by atoms with Crippen LogP contribution in [0.2, 0.25) is 0 Å². The summed E-state index contributed by atoms with van der Waals surface area (Å²) in [6.45, 7) is 2.12. The van der Waals surface area contributed by atoms with E-state index in [0.717, 1.165) is 16.7 Å². The molecule has 1 atom stereocenters. The van der Waals surface area contributed by atoms with Gasteiger partial charge >= 0.3 is 5.97 Å². The van der Waals surface area contributed by atoms with E-state index in [0.29, 0.717) is 17.9 Å². The zero-order chi connectivity index (χ0) is 29.0. The minimum atomic E-state index is -3.92. The number of hydrogen-bond donors (Lipinski definition) is 0. The average molecular weight is 572 g/mol. The molecule has 41 heavy (non-hydrogen) atoms. The molecule has 5 rings (SSSR count). The minimum Gasteiger partial charge on any atom is -0.497 e. The van der Waals surface area contributed by atoms with E-state index in [1.54, 1.807) is 42.5 Å². The number of ether oxygens (including phenoxy) is 3. The van der Waals surface area contributed by atoms with Crippen molar-refractivity contribution in [2.75, 3.05) is 27.3 Å². The van der Waals surface area contributed by atoms with Gasteiger partial charge in [0.25, 0.3) is 0 Å². The molecule has 7 nitrogen and oxygen atoms in total. The van der Waals surface area contributed by atoms with Crippen molar-refractivity contribution >= 4 is 16.0 Å². The maximum absolute atomic E-state index is 14.1. The minimum absolute atomic E-state index is 0.0183. The van der Waals surface area contributed by atoms with Crippen molar-refractivity contribution in [3.05, 3.63) is 125 Å². The van der Waals surface area contributed by atoms with Gasteiger partial charge in [0.05, 0.1) is 31.2 Å². The van der Waals surface area contributed by atoms with Crippen molar-refractivity contribution in [1.82, 2.24) is 4.31 Å². The van der Waals surface area contributed by atoms with Gasteiger partial charge in [-0.25, -0.2) is 13.2 Å². The van der Waals surface area contributed by atoms with Crippen molar-refractivity contribution in [2.24, 2.45) is 0 Å². The van der Waals surface area contributed by atoms with E-state index in [-0.39, 0.29) is 23.5 Å². The lowest BCUT2D eigenvalue weighted by atomic mass is 9.69. The molecule has 1 aliphatic heterocycles. The fourth-order valence-corrected chi connectivity index (χ4v) is 7.01. The average Bonchev–Trinajstić information content (AvgIpc) is 3.01. The SMILES string of the molecule is COc1cc(OC)cc(C(=O)OC2CN(S(=O)(=O)c3ccc(C)cc3)CC(c3ccccc3)(c3ccccc3)C2)c1. The van der Waals surface area contributed by atoms with Crippen LogP contribution in [0, 0.1) is 6.92 Å². The molecule has 212 valence electrons. The van der Waals surface area contributed by atoms with Gasteiger partial charge in [-0.05, 0) is 42.3 Å². The van der Waals surface area contributed by atoms with Crippen LogP contribution in [0.3, 0.4) is 0 Å². The monoisotopic (exact) mass is 571 g/mol. The Morgan fingerprint density at radius 1 is 0.805 bits per heavy atom. The maximum atomic E-state index is 14.1. The molecule has 1 heterocycles. The number of aryl methyl sites for hydroxylation is 1. The lowest BCUT2D eigenvalue weighted by Crippen LogP contribution is -2.55. The number of methoxy groups -OCH3 is 2. The molecule has 1 fully saturated rings. The molecule has 0 N–H and O–H groups in total. The van der Waals surface area contributed by atoms with E-state index in [2.05, 4.69) is 0 Å². The summed E-state index contributed by atoms with van der Waals surface area (Å²) in [5, 5.41) is 0. The summed E-state index contributed by atoms with van der Waals surface area (Å²) in [4.78, 5) is 13.7. The summed E-state index contributed by atoms with van der Waals surface area (Å²) in [6.07, 6.45) is -0.345. The van der Waals surface area contributed by atoms with Crippen molar-refractivity contribution in [2.45, 2.75) is 29.8 Å². The standard InChI is InChI=1S/C33H33NO6S/c1-24-14-16-31(17-15-24)41(36,37)34-22-30(40-32(35)25-18-28(38-2)20-29(19-25)39-3)21-33(23-34,26-10-6-4-7-11-26)27-12-8-5-9-13-27/h4-20,30H,21-23H2,1-3H3. The van der Waals surface area contributed by atoms with E-state index in [1.165, 1.54) is 18.5 Å². The summed E-state index contributed by atoms with van der Waals surface area (Å²) in [5.41, 5.74) is 2.34. The molecule has 1 aliphatic rings. The van der Waals surface area contributed by atoms with Gasteiger partial charge in [-0.2, -0.15) is 4.31 Å². The molecule has 0 radical (unpaired) electrons. The smallest absolute Gasteiger partial charge is 0.338 e. The summed E-state index contributed by atoms with van der Waals surface area (Å²) in [7, 11) is -0.905. The summed E-state index contributed by atoms with van der Waals surface area (Å²) in [5.74, 6) is 0.315. The van der Waals surface area contributed by atoms with E-state index >= 15 is 0 Å². The Kier molecular flexibility index (Phi) is 8.15. The zero-order valence-corrected chi connectivity index (χ0v) is 24.1. The molecule has 1 saturated heterocycles. The number of carbonyl (C=O) groups excluding carboxylic acids is 1. The van der Waals surface area contributed by atoms with Gasteiger partial charge in [-0.3, -0.25) is 0 Å². The number of nitrogens with zero attached hydrogens (tertiary/aromatic N) is 1. The number of sulfonamides is 1. The van der Waals surface area contributed by atoms with Gasteiger partial charge in [-0.1, -0.05) is 78.4 Å². The van der Waals surface area contributed by atoms with Crippen LogP contribution in [0.5, 0.6) is 11.5 Å². The van der Waals surface area contributed by atoms with Crippen molar-refractivity contribution in [3.8, 4) is 11.5 Å². The molecule has 0 amide bonds. The highest BCUT2D eigenvalue weighted by atomic mass is 32.2. The number of benzene rings is 4. The van der Waals surface area contributed by atoms with Crippen LogP contribution < -0.4 is 9.47 Å². The molecule has 4 aromatic carbocycles. The molecule has 0 saturated carbocycles. The van der Waals surface area contributed by atoms with Gasteiger partial charge in [0.1, 0.15) is 17.6 Å². The zero-order valence-electron chi connectivity index (χ0n) is 23.3. The lowest BCUT2D eigenvalue weighted by Gasteiger charge is -2.46. The second-order valence-electron chi connectivity index (χ2n) is 10.3. The Bertz CT molecular complexity index is 1540. The first-order chi connectivity index (χ1) is 19.7. The van der Waals surface area contributed by atoms with Gasteiger partial charge < -0.3 is 14.2 Å². The van der Waals surface area contributed by atoms with Crippen molar-refractivity contribution in [1.29, 1.82) is 0 Å². The third-order valence-electron chi connectivity index (χ3n) is 7.60. The first kappa shape index (κ1) is 28.4. The van der Waals surface area contributed by atoms with E-state index in [9.17, 15) is 13.2 Å². The third kappa shape index (κ3) is 5.85. The van der Waals surface area contributed by atoms with Crippen LogP contribution in [-0.4, -0.2) is 52.1 Å². The second-order valence-corrected chi connectivity index (χ2v) is 12.2. The van der Waals surface area contributed by atoms with Crippen LogP contribution in [0.25, 0.3) is 0 Å². The van der Waals surface area contributed by atoms with Crippen LogP contribution in [0.4, 0.5) is 0 Å². The molecular weight excluding hydrogens is 538 g/mol. The Morgan fingerprint density at radius 3 is 1.85 bits per heavy atom. The highest BCUT2D eigenvalue weighted by Gasteiger charge is 2.47. The topological polar surface area (TPSA) is 82.1 Å². The summed E-state index contributed by atoms with van der Waals surface area (Å²) < 4.78 is 46.3. The normalized spacial score (nSPS) is 17.0. The number of carbonyl (C=O) groups is 1. The largest absolute Gasteiger partial charge is 0.497 e. The molecular formula is C33H33NO6S. The van der Waals surface area contributed by atoms with Gasteiger partial charge in [-0.15, -0.1) is 0 Å². The molecule has 0 aromatic heterocycles. The van der Waals surface area contributed by atoms with Gasteiger partial charge in [0, 0.05) is 24.4 Å². The predicted molar refractivity (Wildman–Crippen MR) is 157 cm³/mol. The molecule has 4 aromatic rings. The Morgan fingerprint density at radius 2 is 1.34 bits per heavy atom. The van der Waals surface area contributed by atoms with Crippen molar-refractivity contribution < 1.29 is 27.4 Å². The molecule has 0 aliphatic carbocycles. The predicted octanol–water partition coefficient (Wildman–Crippen LogP) is 5.62. The van der Waals surface area contributed by atoms with Crippen molar-refractivity contribution in [3.63, 3.8) is 0 Å². The molecule has 0 bridgehead atoms. The quantitative estimate of drug-likeness (QED) is 0.256. The van der Waals surface area contributed by atoms with Crippen LogP contribution in [0.15, 0.2) is 108 Å². The Balaban J connectivity index is 1.59. The van der Waals surface area contributed by atoms with Crippen LogP contribution >= 0.6 is 0 Å². The number of hydrogen-bond acceptors (Lipinski definition) is 6. The molecule has 0 spiro atoms. The lowest BCUT2D eigenvalue weighted by molar-refractivity contribution is 0.00678. The highest BCUT2D eigenvalue weighted by Crippen LogP contribution is 2.43. The summed E-state index contributed by atoms with van der Waals surface area (Å²) >= 11 is 0. The molecule has 8 heteroatoms. The number of piperidine rings is 1. The Labute approximate surface area is 241 Å². The van der Waals surface area contributed by atoms with Gasteiger partial charge in [0.2, 0.25) is 10.0 Å². The fourth-order valence-electron chi connectivity index (χ4n) is 5.48. The fraction of sp³-hybridized carbons (Fsp3) is 0.242. The van der Waals surface area contributed by atoms with E-state index < -0.39 is 27.5 Å². The summed E-state index contributed by atoms with van der Waals surface area (Å²) in [6, 6.07) is 31.3. The van der Waals surface area contributed by atoms with Crippen LogP contribution in [0.1, 0.15) is 33.5 Å². The van der Waals surface area contributed by atoms with Crippen LogP contribution in [-0.2, 0) is 20.2 Å². The Hall–Kier alpha value is -4.14. The highest BCUT2D eigenvalue weighted by molar-refractivity contribution is 7.89. The second kappa shape index (κ2) is 11.8.